The van der Waals surface area contributed by atoms with E-state index in [1.165, 1.54) is 0 Å². The van der Waals surface area contributed by atoms with E-state index in [0.29, 0.717) is 18.0 Å². The molecule has 1 aliphatic rings. The van der Waals surface area contributed by atoms with Gasteiger partial charge in [-0.2, -0.15) is 0 Å². The second-order valence-electron chi connectivity index (χ2n) is 4.37. The Kier molecular flexibility index (Phi) is 2.91. The molecule has 0 aromatic carbocycles. The number of nitrogens with zero attached hydrogens (tertiary/aromatic N) is 1. The Morgan fingerprint density at radius 1 is 1.69 bits per heavy atom. The number of piperidine rings is 1. The molecule has 1 saturated heterocycles. The maximum Gasteiger partial charge on any atom is 0.223 e. The number of hydrogen-bond donors (Lipinski definition) is 1. The smallest absolute Gasteiger partial charge is 0.223 e. The van der Waals surface area contributed by atoms with Gasteiger partial charge >= 0.3 is 0 Å². The summed E-state index contributed by atoms with van der Waals surface area (Å²) in [6, 6.07) is 0. The van der Waals surface area contributed by atoms with Crippen molar-refractivity contribution in [1.29, 1.82) is 0 Å². The van der Waals surface area contributed by atoms with Crippen molar-refractivity contribution in [2.45, 2.75) is 26.7 Å². The third-order valence-corrected chi connectivity index (χ3v) is 2.52. The van der Waals surface area contributed by atoms with Crippen LogP contribution in [0.4, 0.5) is 0 Å². The number of rotatable bonds is 2. The molecule has 1 fully saturated rings. The summed E-state index contributed by atoms with van der Waals surface area (Å²) in [5, 5.41) is 0. The lowest BCUT2D eigenvalue weighted by Gasteiger charge is -2.36. The summed E-state index contributed by atoms with van der Waals surface area (Å²) in [5.41, 5.74) is 5.53. The number of likely N-dealkylation sites (tertiary alicyclic amines) is 1. The highest BCUT2D eigenvalue weighted by molar-refractivity contribution is 7.80. The first-order valence-electron chi connectivity index (χ1n) is 4.47. The molecule has 1 rings (SSSR count). The molecule has 1 heterocycles. The minimum absolute atomic E-state index is 0.143. The van der Waals surface area contributed by atoms with E-state index in [9.17, 15) is 4.79 Å². The summed E-state index contributed by atoms with van der Waals surface area (Å²) < 4.78 is 0. The second kappa shape index (κ2) is 3.62. The minimum Gasteiger partial charge on any atom is -0.392 e. The lowest BCUT2D eigenvalue weighted by atomic mass is 9.82. The molecular weight excluding hydrogens is 184 g/mol. The number of thiocarbonyl (C=S) groups is 1. The van der Waals surface area contributed by atoms with E-state index in [1.54, 1.807) is 4.90 Å². The van der Waals surface area contributed by atoms with Crippen LogP contribution in [0, 0.1) is 5.41 Å². The number of nitrogens with two attached hydrogens (primary N) is 1. The van der Waals surface area contributed by atoms with Crippen LogP contribution < -0.4 is 5.73 Å². The fourth-order valence-corrected chi connectivity index (χ4v) is 1.68. The average molecular weight is 200 g/mol. The van der Waals surface area contributed by atoms with Crippen molar-refractivity contribution in [1.82, 2.24) is 4.90 Å². The van der Waals surface area contributed by atoms with Crippen molar-refractivity contribution in [3.05, 3.63) is 0 Å². The molecule has 0 radical (unpaired) electrons. The lowest BCUT2D eigenvalue weighted by Crippen LogP contribution is -2.45. The van der Waals surface area contributed by atoms with Gasteiger partial charge in [0.25, 0.3) is 0 Å². The maximum atomic E-state index is 11.6. The molecule has 13 heavy (non-hydrogen) atoms. The topological polar surface area (TPSA) is 46.3 Å². The minimum atomic E-state index is 0.143. The van der Waals surface area contributed by atoms with Crippen molar-refractivity contribution in [3.8, 4) is 0 Å². The number of hydrogen-bond acceptors (Lipinski definition) is 2. The molecule has 0 aromatic rings. The fraction of sp³-hybridized carbons (Fsp3) is 0.778. The highest BCUT2D eigenvalue weighted by Crippen LogP contribution is 2.30. The molecule has 0 aliphatic carbocycles. The van der Waals surface area contributed by atoms with Gasteiger partial charge in [0.1, 0.15) is 0 Å². The largest absolute Gasteiger partial charge is 0.392 e. The quantitative estimate of drug-likeness (QED) is 0.674. The van der Waals surface area contributed by atoms with Gasteiger partial charge in [-0.05, 0) is 11.8 Å². The van der Waals surface area contributed by atoms with Crippen LogP contribution in [0.15, 0.2) is 0 Å². The Balaban J connectivity index is 2.54. The molecule has 1 aliphatic heterocycles. The van der Waals surface area contributed by atoms with Crippen LogP contribution in [0.3, 0.4) is 0 Å². The maximum absolute atomic E-state index is 11.6. The number of carbonyl (C=O) groups is 1. The normalized spacial score (nSPS) is 21.7. The Bertz CT molecular complexity index is 238. The van der Waals surface area contributed by atoms with Crippen molar-refractivity contribution in [3.63, 3.8) is 0 Å². The molecule has 3 nitrogen and oxygen atoms in total. The van der Waals surface area contributed by atoms with E-state index in [4.69, 9.17) is 18.0 Å². The summed E-state index contributed by atoms with van der Waals surface area (Å²) in [6.07, 6.45) is 1.64. The first-order chi connectivity index (χ1) is 5.91. The van der Waals surface area contributed by atoms with E-state index >= 15 is 0 Å². The van der Waals surface area contributed by atoms with E-state index in [0.717, 1.165) is 13.0 Å². The zero-order chi connectivity index (χ0) is 10.1. The molecule has 0 aromatic heterocycles. The van der Waals surface area contributed by atoms with Crippen molar-refractivity contribution < 1.29 is 4.79 Å². The van der Waals surface area contributed by atoms with Crippen LogP contribution in [-0.2, 0) is 4.79 Å². The van der Waals surface area contributed by atoms with Gasteiger partial charge in [0.15, 0.2) is 0 Å². The van der Waals surface area contributed by atoms with Gasteiger partial charge in [0, 0.05) is 13.0 Å². The highest BCUT2D eigenvalue weighted by Gasteiger charge is 2.31. The van der Waals surface area contributed by atoms with Crippen LogP contribution in [0.1, 0.15) is 26.7 Å². The van der Waals surface area contributed by atoms with E-state index < -0.39 is 0 Å². The van der Waals surface area contributed by atoms with Crippen LogP contribution in [0.2, 0.25) is 0 Å². The summed E-state index contributed by atoms with van der Waals surface area (Å²) in [4.78, 5) is 13.7. The molecule has 4 heteroatoms. The molecule has 0 atom stereocenters. The van der Waals surface area contributed by atoms with Crippen LogP contribution in [-0.4, -0.2) is 28.9 Å². The van der Waals surface area contributed by atoms with Gasteiger partial charge in [0.05, 0.1) is 11.5 Å². The number of amides is 1. The monoisotopic (exact) mass is 200 g/mol. The Hall–Kier alpha value is -0.640. The zero-order valence-corrected chi connectivity index (χ0v) is 8.99. The fourth-order valence-electron chi connectivity index (χ4n) is 1.53. The van der Waals surface area contributed by atoms with Crippen LogP contribution in [0.5, 0.6) is 0 Å². The molecule has 0 spiro atoms. The molecule has 1 amide bonds. The van der Waals surface area contributed by atoms with E-state index in [1.807, 2.05) is 0 Å². The first-order valence-corrected chi connectivity index (χ1v) is 4.88. The first kappa shape index (κ1) is 10.4. The van der Waals surface area contributed by atoms with Gasteiger partial charge in [-0.3, -0.25) is 4.79 Å². The van der Waals surface area contributed by atoms with Gasteiger partial charge in [-0.25, -0.2) is 0 Å². The predicted octanol–water partition coefficient (Wildman–Crippen LogP) is 0.921. The molecule has 0 saturated carbocycles. The zero-order valence-electron chi connectivity index (χ0n) is 8.17. The SMILES string of the molecule is CC1(C)CCN(CC(N)=S)C(=O)C1. The number of carbonyl (C=O) groups excluding carboxylic acids is 1. The van der Waals surface area contributed by atoms with Gasteiger partial charge in [-0.15, -0.1) is 0 Å². The van der Waals surface area contributed by atoms with E-state index in [-0.39, 0.29) is 11.3 Å². The van der Waals surface area contributed by atoms with Gasteiger partial charge < -0.3 is 10.6 Å². The van der Waals surface area contributed by atoms with Gasteiger partial charge in [-0.1, -0.05) is 26.1 Å². The van der Waals surface area contributed by atoms with Crippen molar-refractivity contribution in [2.75, 3.05) is 13.1 Å². The molecule has 0 bridgehead atoms. The second-order valence-corrected chi connectivity index (χ2v) is 4.90. The molecule has 74 valence electrons. The lowest BCUT2D eigenvalue weighted by molar-refractivity contribution is -0.136. The summed E-state index contributed by atoms with van der Waals surface area (Å²) >= 11 is 4.77. The summed E-state index contributed by atoms with van der Waals surface area (Å²) in [7, 11) is 0. The average Bonchev–Trinajstić information content (AvgIpc) is 1.93. The molecule has 0 unspecified atom stereocenters. The Morgan fingerprint density at radius 3 is 2.77 bits per heavy atom. The standard InChI is InChI=1S/C9H16N2OS/c1-9(2)3-4-11(6-7(10)13)8(12)5-9/h3-6H2,1-2H3,(H2,10,13). The molecule has 2 N–H and O–H groups in total. The highest BCUT2D eigenvalue weighted by atomic mass is 32.1. The third kappa shape index (κ3) is 2.95. The summed E-state index contributed by atoms with van der Waals surface area (Å²) in [5.74, 6) is 0.170. The van der Waals surface area contributed by atoms with Gasteiger partial charge in [0.2, 0.25) is 5.91 Å². The summed E-state index contributed by atoms with van der Waals surface area (Å²) in [6.45, 7) is 5.44. The Labute approximate surface area is 84.3 Å². The van der Waals surface area contributed by atoms with Crippen LogP contribution in [0.25, 0.3) is 0 Å². The van der Waals surface area contributed by atoms with Crippen molar-refractivity contribution >= 4 is 23.1 Å². The van der Waals surface area contributed by atoms with Crippen LogP contribution >= 0.6 is 12.2 Å². The van der Waals surface area contributed by atoms with E-state index in [2.05, 4.69) is 13.8 Å². The molecular formula is C9H16N2OS. The third-order valence-electron chi connectivity index (χ3n) is 2.39. The van der Waals surface area contributed by atoms with Crippen molar-refractivity contribution in [2.24, 2.45) is 11.1 Å². The predicted molar refractivity (Wildman–Crippen MR) is 56.4 cm³/mol. The Morgan fingerprint density at radius 2 is 2.31 bits per heavy atom.